The number of hydrogen-bond donors (Lipinski definition) is 0. The van der Waals surface area contributed by atoms with Crippen molar-refractivity contribution in [1.82, 2.24) is 0 Å². The van der Waals surface area contributed by atoms with E-state index in [-0.39, 0.29) is 18.6 Å². The van der Waals surface area contributed by atoms with Crippen LogP contribution in [0.5, 0.6) is 11.5 Å². The van der Waals surface area contributed by atoms with E-state index in [0.717, 1.165) is 28.6 Å². The first-order valence-electron chi connectivity index (χ1n) is 8.76. The Balaban J connectivity index is 1.50. The van der Waals surface area contributed by atoms with Gasteiger partial charge in [-0.15, -0.1) is 0 Å². The molecule has 1 heterocycles. The third kappa shape index (κ3) is 2.99. The Morgan fingerprint density at radius 2 is 1.77 bits per heavy atom. The van der Waals surface area contributed by atoms with Crippen LogP contribution >= 0.6 is 0 Å². The fourth-order valence-corrected chi connectivity index (χ4v) is 3.58. The number of carbonyl (C=O) groups excluding carboxylic acids is 1. The Morgan fingerprint density at radius 1 is 1.04 bits per heavy atom. The lowest BCUT2D eigenvalue weighted by Crippen LogP contribution is -2.39. The van der Waals surface area contributed by atoms with Crippen LogP contribution in [0.1, 0.15) is 12.5 Å². The summed E-state index contributed by atoms with van der Waals surface area (Å²) in [6.07, 6.45) is 0.887. The van der Waals surface area contributed by atoms with E-state index >= 15 is 0 Å². The SMILES string of the molecule is COc1ccc2ccc(OCC(=O)N3c4ccccc4C[C@@H]3C)cc2c1. The summed E-state index contributed by atoms with van der Waals surface area (Å²) in [5, 5.41) is 2.13. The largest absolute Gasteiger partial charge is 0.497 e. The highest BCUT2D eigenvalue weighted by atomic mass is 16.5. The summed E-state index contributed by atoms with van der Waals surface area (Å²) in [6.45, 7) is 2.09. The van der Waals surface area contributed by atoms with Gasteiger partial charge in [0, 0.05) is 11.7 Å². The highest BCUT2D eigenvalue weighted by Gasteiger charge is 2.30. The topological polar surface area (TPSA) is 38.8 Å². The molecule has 0 radical (unpaired) electrons. The number of amides is 1. The van der Waals surface area contributed by atoms with Gasteiger partial charge < -0.3 is 14.4 Å². The third-order valence-corrected chi connectivity index (χ3v) is 4.86. The van der Waals surface area contributed by atoms with E-state index in [0.29, 0.717) is 5.75 Å². The fraction of sp³-hybridized carbons (Fsp3) is 0.227. The molecule has 1 atom stereocenters. The Morgan fingerprint density at radius 3 is 2.58 bits per heavy atom. The summed E-state index contributed by atoms with van der Waals surface area (Å²) < 4.78 is 11.1. The van der Waals surface area contributed by atoms with Crippen LogP contribution < -0.4 is 14.4 Å². The molecule has 0 saturated carbocycles. The maximum Gasteiger partial charge on any atom is 0.265 e. The van der Waals surface area contributed by atoms with Gasteiger partial charge in [0.25, 0.3) is 5.91 Å². The predicted octanol–water partition coefficient (Wildman–Crippen LogP) is 4.21. The number of anilines is 1. The molecule has 4 rings (SSSR count). The van der Waals surface area contributed by atoms with Gasteiger partial charge in [-0.05, 0) is 60.0 Å². The van der Waals surface area contributed by atoms with Gasteiger partial charge in [-0.25, -0.2) is 0 Å². The molecule has 0 N–H and O–H groups in total. The molecule has 0 saturated heterocycles. The van der Waals surface area contributed by atoms with Gasteiger partial charge >= 0.3 is 0 Å². The summed E-state index contributed by atoms with van der Waals surface area (Å²) in [7, 11) is 1.65. The molecular weight excluding hydrogens is 326 g/mol. The molecule has 4 nitrogen and oxygen atoms in total. The van der Waals surface area contributed by atoms with Crippen molar-refractivity contribution >= 4 is 22.4 Å². The molecular formula is C22H21NO3. The maximum absolute atomic E-state index is 12.7. The number of methoxy groups -OCH3 is 1. The van der Waals surface area contributed by atoms with Crippen molar-refractivity contribution in [3.63, 3.8) is 0 Å². The van der Waals surface area contributed by atoms with E-state index in [9.17, 15) is 4.79 Å². The molecule has 0 aromatic heterocycles. The monoisotopic (exact) mass is 347 g/mol. The van der Waals surface area contributed by atoms with Crippen LogP contribution in [-0.2, 0) is 11.2 Å². The normalized spacial score (nSPS) is 15.8. The quantitative estimate of drug-likeness (QED) is 0.710. The smallest absolute Gasteiger partial charge is 0.265 e. The second kappa shape index (κ2) is 6.71. The highest BCUT2D eigenvalue weighted by Crippen LogP contribution is 2.32. The van der Waals surface area contributed by atoms with Crippen LogP contribution in [0.4, 0.5) is 5.69 Å². The lowest BCUT2D eigenvalue weighted by Gasteiger charge is -2.22. The molecule has 0 aliphatic carbocycles. The van der Waals surface area contributed by atoms with Crippen molar-refractivity contribution in [2.24, 2.45) is 0 Å². The van der Waals surface area contributed by atoms with E-state index < -0.39 is 0 Å². The van der Waals surface area contributed by atoms with E-state index in [1.807, 2.05) is 59.5 Å². The van der Waals surface area contributed by atoms with Crippen LogP contribution in [0.2, 0.25) is 0 Å². The van der Waals surface area contributed by atoms with Gasteiger partial charge in [0.15, 0.2) is 6.61 Å². The first kappa shape index (κ1) is 16.5. The summed E-state index contributed by atoms with van der Waals surface area (Å²) in [5.74, 6) is 1.46. The zero-order chi connectivity index (χ0) is 18.1. The molecule has 0 fully saturated rings. The molecule has 132 valence electrons. The molecule has 0 spiro atoms. The Hall–Kier alpha value is -3.01. The fourth-order valence-electron chi connectivity index (χ4n) is 3.58. The van der Waals surface area contributed by atoms with Crippen molar-refractivity contribution in [2.45, 2.75) is 19.4 Å². The number of carbonyl (C=O) groups is 1. The van der Waals surface area contributed by atoms with Crippen molar-refractivity contribution in [2.75, 3.05) is 18.6 Å². The van der Waals surface area contributed by atoms with Crippen molar-refractivity contribution in [1.29, 1.82) is 0 Å². The number of benzene rings is 3. The third-order valence-electron chi connectivity index (χ3n) is 4.86. The average molecular weight is 347 g/mol. The van der Waals surface area contributed by atoms with E-state index in [2.05, 4.69) is 13.0 Å². The van der Waals surface area contributed by atoms with E-state index in [1.54, 1.807) is 7.11 Å². The number of ether oxygens (including phenoxy) is 2. The first-order chi connectivity index (χ1) is 12.7. The van der Waals surface area contributed by atoms with Gasteiger partial charge in [-0.1, -0.05) is 30.3 Å². The minimum atomic E-state index is -0.0202. The van der Waals surface area contributed by atoms with Gasteiger partial charge in [-0.2, -0.15) is 0 Å². The molecule has 1 aliphatic heterocycles. The maximum atomic E-state index is 12.7. The molecule has 4 heteroatoms. The zero-order valence-electron chi connectivity index (χ0n) is 14.9. The summed E-state index contributed by atoms with van der Waals surface area (Å²) in [6, 6.07) is 19.9. The van der Waals surface area contributed by atoms with Gasteiger partial charge in [-0.3, -0.25) is 4.79 Å². The van der Waals surface area contributed by atoms with E-state index in [4.69, 9.17) is 9.47 Å². The number of rotatable bonds is 4. The van der Waals surface area contributed by atoms with Crippen LogP contribution in [-0.4, -0.2) is 25.7 Å². The Labute approximate surface area is 153 Å². The van der Waals surface area contributed by atoms with Gasteiger partial charge in [0.1, 0.15) is 11.5 Å². The Bertz CT molecular complexity index is 967. The molecule has 1 amide bonds. The minimum Gasteiger partial charge on any atom is -0.497 e. The van der Waals surface area contributed by atoms with Crippen LogP contribution in [0, 0.1) is 0 Å². The molecule has 3 aromatic carbocycles. The predicted molar refractivity (Wildman–Crippen MR) is 103 cm³/mol. The lowest BCUT2D eigenvalue weighted by molar-refractivity contribution is -0.120. The van der Waals surface area contributed by atoms with Gasteiger partial charge in [0.2, 0.25) is 0 Å². The van der Waals surface area contributed by atoms with Gasteiger partial charge in [0.05, 0.1) is 7.11 Å². The van der Waals surface area contributed by atoms with E-state index in [1.165, 1.54) is 5.56 Å². The standard InChI is InChI=1S/C22H21NO3/c1-15-11-17-5-3-4-6-21(17)23(15)22(24)14-26-20-10-8-16-7-9-19(25-2)12-18(16)13-20/h3-10,12-13,15H,11,14H2,1-2H3/t15-/m0/s1. The number of hydrogen-bond acceptors (Lipinski definition) is 3. The average Bonchev–Trinajstić information content (AvgIpc) is 3.01. The molecule has 0 unspecified atom stereocenters. The number of fused-ring (bicyclic) bond motifs is 2. The van der Waals surface area contributed by atoms with Crippen LogP contribution in [0.3, 0.4) is 0 Å². The minimum absolute atomic E-state index is 0.0202. The van der Waals surface area contributed by atoms with Crippen molar-refractivity contribution in [3.05, 3.63) is 66.2 Å². The molecule has 0 bridgehead atoms. The summed E-state index contributed by atoms with van der Waals surface area (Å²) >= 11 is 0. The van der Waals surface area contributed by atoms with Crippen molar-refractivity contribution in [3.8, 4) is 11.5 Å². The summed E-state index contributed by atoms with van der Waals surface area (Å²) in [5.41, 5.74) is 2.21. The molecule has 3 aromatic rings. The second-order valence-corrected chi connectivity index (χ2v) is 6.61. The number of nitrogens with zero attached hydrogens (tertiary/aromatic N) is 1. The summed E-state index contributed by atoms with van der Waals surface area (Å²) in [4.78, 5) is 14.6. The number of para-hydroxylation sites is 1. The first-order valence-corrected chi connectivity index (χ1v) is 8.76. The van der Waals surface area contributed by atoms with Crippen LogP contribution in [0.15, 0.2) is 60.7 Å². The molecule has 26 heavy (non-hydrogen) atoms. The lowest BCUT2D eigenvalue weighted by atomic mass is 10.1. The van der Waals surface area contributed by atoms with Crippen molar-refractivity contribution < 1.29 is 14.3 Å². The van der Waals surface area contributed by atoms with Crippen LogP contribution in [0.25, 0.3) is 10.8 Å². The Kier molecular flexibility index (Phi) is 4.25. The second-order valence-electron chi connectivity index (χ2n) is 6.61. The highest BCUT2D eigenvalue weighted by molar-refractivity contribution is 5.97. The zero-order valence-corrected chi connectivity index (χ0v) is 14.9. The molecule has 1 aliphatic rings.